The molecule has 0 spiro atoms. The second kappa shape index (κ2) is 4.73. The summed E-state index contributed by atoms with van der Waals surface area (Å²) in [4.78, 5) is 1.48. The van der Waals surface area contributed by atoms with E-state index in [0.717, 1.165) is 12.2 Å². The fourth-order valence-corrected chi connectivity index (χ4v) is 1.92. The molecule has 0 saturated heterocycles. The molecule has 1 aromatic rings. The number of hydrogen-bond donors (Lipinski definition) is 0. The third-order valence-electron chi connectivity index (χ3n) is 2.41. The Morgan fingerprint density at radius 3 is 2.36 bits per heavy atom. The van der Waals surface area contributed by atoms with Crippen LogP contribution < -0.4 is 0 Å². The van der Waals surface area contributed by atoms with Gasteiger partial charge in [0.25, 0.3) is 0 Å². The van der Waals surface area contributed by atoms with Crippen molar-refractivity contribution in [3.05, 3.63) is 5.82 Å². The normalized spacial score (nSPS) is 15.9. The first kappa shape index (κ1) is 11.4. The van der Waals surface area contributed by atoms with Gasteiger partial charge in [0, 0.05) is 11.8 Å². The van der Waals surface area contributed by atoms with Crippen LogP contribution in [0.15, 0.2) is 0 Å². The molecule has 0 aliphatic rings. The van der Waals surface area contributed by atoms with Crippen molar-refractivity contribution in [3.63, 3.8) is 0 Å². The lowest BCUT2D eigenvalue weighted by molar-refractivity contribution is 0.369. The Morgan fingerprint density at radius 2 is 2.00 bits per heavy atom. The molecule has 0 aliphatic heterocycles. The van der Waals surface area contributed by atoms with Gasteiger partial charge in [0.05, 0.1) is 7.05 Å². The first-order valence-corrected chi connectivity index (χ1v) is 5.31. The highest BCUT2D eigenvalue weighted by molar-refractivity contribution is 6.20. The Kier molecular flexibility index (Phi) is 3.86. The van der Waals surface area contributed by atoms with Gasteiger partial charge in [-0.15, -0.1) is 21.8 Å². The van der Waals surface area contributed by atoms with Crippen molar-refractivity contribution < 1.29 is 0 Å². The molecule has 0 N–H and O–H groups in total. The van der Waals surface area contributed by atoms with Gasteiger partial charge in [-0.2, -0.15) is 4.80 Å². The van der Waals surface area contributed by atoms with Crippen LogP contribution in [0.4, 0.5) is 0 Å². The highest BCUT2D eigenvalue weighted by Crippen LogP contribution is 2.22. The minimum atomic E-state index is 0.138. The van der Waals surface area contributed by atoms with Gasteiger partial charge in [0.1, 0.15) is 0 Å². The summed E-state index contributed by atoms with van der Waals surface area (Å²) in [5, 5.41) is 12.1. The minimum Gasteiger partial charge on any atom is -0.167 e. The molecule has 0 radical (unpaired) electrons. The van der Waals surface area contributed by atoms with E-state index in [1.54, 1.807) is 7.05 Å². The molecule has 1 heterocycles. The van der Waals surface area contributed by atoms with Crippen LogP contribution in [0.1, 0.15) is 26.6 Å². The van der Waals surface area contributed by atoms with Crippen molar-refractivity contribution >= 4 is 11.6 Å². The number of nitrogens with zero attached hydrogens (tertiary/aromatic N) is 4. The van der Waals surface area contributed by atoms with Gasteiger partial charge < -0.3 is 0 Å². The molecule has 0 saturated carbocycles. The largest absolute Gasteiger partial charge is 0.175 e. The fraction of sp³-hybridized carbons (Fsp3) is 0.889. The average Bonchev–Trinajstić information content (AvgIpc) is 2.46. The SMILES string of the molecule is CC(C)C(Cc1nnn(C)n1)C(C)Cl. The first-order valence-electron chi connectivity index (χ1n) is 4.87. The molecule has 0 amide bonds. The quantitative estimate of drug-likeness (QED) is 0.719. The van der Waals surface area contributed by atoms with Crippen LogP contribution in [0.25, 0.3) is 0 Å². The molecule has 1 rings (SSSR count). The molecule has 0 bridgehead atoms. The van der Waals surface area contributed by atoms with Crippen LogP contribution >= 0.6 is 11.6 Å². The van der Waals surface area contributed by atoms with E-state index in [1.165, 1.54) is 4.80 Å². The number of alkyl halides is 1. The van der Waals surface area contributed by atoms with Crippen LogP contribution in [0.2, 0.25) is 0 Å². The summed E-state index contributed by atoms with van der Waals surface area (Å²) in [5.74, 6) is 1.71. The summed E-state index contributed by atoms with van der Waals surface area (Å²) < 4.78 is 0. The lowest BCUT2D eigenvalue weighted by Crippen LogP contribution is -2.21. The monoisotopic (exact) mass is 216 g/mol. The van der Waals surface area contributed by atoms with Gasteiger partial charge in [-0.25, -0.2) is 0 Å². The Balaban J connectivity index is 2.64. The molecular formula is C9H17ClN4. The van der Waals surface area contributed by atoms with Crippen LogP contribution in [0, 0.1) is 11.8 Å². The molecule has 2 atom stereocenters. The van der Waals surface area contributed by atoms with Crippen molar-refractivity contribution in [2.75, 3.05) is 0 Å². The maximum absolute atomic E-state index is 6.11. The van der Waals surface area contributed by atoms with Crippen LogP contribution in [-0.2, 0) is 13.5 Å². The van der Waals surface area contributed by atoms with E-state index in [-0.39, 0.29) is 5.38 Å². The molecule has 5 heteroatoms. The average molecular weight is 217 g/mol. The Bertz CT molecular complexity index is 274. The zero-order chi connectivity index (χ0) is 10.7. The molecular weight excluding hydrogens is 200 g/mol. The van der Waals surface area contributed by atoms with E-state index in [4.69, 9.17) is 11.6 Å². The molecule has 14 heavy (non-hydrogen) atoms. The maximum Gasteiger partial charge on any atom is 0.175 e. The second-order valence-corrected chi connectivity index (χ2v) is 4.67. The lowest BCUT2D eigenvalue weighted by atomic mass is 9.89. The Morgan fingerprint density at radius 1 is 1.36 bits per heavy atom. The number of halogens is 1. The van der Waals surface area contributed by atoms with E-state index < -0.39 is 0 Å². The van der Waals surface area contributed by atoms with Crippen LogP contribution in [-0.4, -0.2) is 25.6 Å². The van der Waals surface area contributed by atoms with E-state index in [2.05, 4.69) is 29.3 Å². The number of aromatic nitrogens is 4. The molecule has 0 aromatic carbocycles. The zero-order valence-electron chi connectivity index (χ0n) is 9.11. The fourth-order valence-electron chi connectivity index (χ4n) is 1.54. The summed E-state index contributed by atoms with van der Waals surface area (Å²) in [7, 11) is 1.77. The van der Waals surface area contributed by atoms with Crippen LogP contribution in [0.3, 0.4) is 0 Å². The third kappa shape index (κ3) is 2.94. The van der Waals surface area contributed by atoms with Gasteiger partial charge in [-0.3, -0.25) is 0 Å². The smallest absolute Gasteiger partial charge is 0.167 e. The third-order valence-corrected chi connectivity index (χ3v) is 2.74. The number of aryl methyl sites for hydroxylation is 1. The number of tetrazole rings is 1. The van der Waals surface area contributed by atoms with Crippen molar-refractivity contribution in [3.8, 4) is 0 Å². The summed E-state index contributed by atoms with van der Waals surface area (Å²) in [6.45, 7) is 6.35. The van der Waals surface area contributed by atoms with Gasteiger partial charge >= 0.3 is 0 Å². The zero-order valence-corrected chi connectivity index (χ0v) is 9.86. The molecule has 80 valence electrons. The van der Waals surface area contributed by atoms with Crippen molar-refractivity contribution in [1.29, 1.82) is 0 Å². The standard InChI is InChI=1S/C9H17ClN4/c1-6(2)8(7(3)10)5-9-11-13-14(4)12-9/h6-8H,5H2,1-4H3. The van der Waals surface area contributed by atoms with E-state index in [9.17, 15) is 0 Å². The van der Waals surface area contributed by atoms with Gasteiger partial charge in [-0.05, 0) is 24.0 Å². The Hall–Kier alpha value is -0.640. The molecule has 4 nitrogen and oxygen atoms in total. The van der Waals surface area contributed by atoms with Crippen molar-refractivity contribution in [2.45, 2.75) is 32.6 Å². The molecule has 1 aromatic heterocycles. The first-order chi connectivity index (χ1) is 6.50. The molecule has 0 aliphatic carbocycles. The second-order valence-electron chi connectivity index (χ2n) is 3.98. The summed E-state index contributed by atoms with van der Waals surface area (Å²) in [6.07, 6.45) is 0.802. The highest BCUT2D eigenvalue weighted by atomic mass is 35.5. The predicted octanol–water partition coefficient (Wildman–Crippen LogP) is 1.65. The summed E-state index contributed by atoms with van der Waals surface area (Å²) in [5.41, 5.74) is 0. The van der Waals surface area contributed by atoms with E-state index >= 15 is 0 Å². The summed E-state index contributed by atoms with van der Waals surface area (Å²) >= 11 is 6.11. The van der Waals surface area contributed by atoms with E-state index in [0.29, 0.717) is 11.8 Å². The van der Waals surface area contributed by atoms with Gasteiger partial charge in [0.2, 0.25) is 0 Å². The van der Waals surface area contributed by atoms with E-state index in [1.807, 2.05) is 6.92 Å². The topological polar surface area (TPSA) is 43.6 Å². The minimum absolute atomic E-state index is 0.138. The lowest BCUT2D eigenvalue weighted by Gasteiger charge is -2.21. The highest BCUT2D eigenvalue weighted by Gasteiger charge is 2.21. The Labute approximate surface area is 89.6 Å². The molecule has 2 unspecified atom stereocenters. The number of hydrogen-bond acceptors (Lipinski definition) is 3. The maximum atomic E-state index is 6.11. The van der Waals surface area contributed by atoms with Crippen molar-refractivity contribution in [2.24, 2.45) is 18.9 Å². The van der Waals surface area contributed by atoms with Gasteiger partial charge in [0.15, 0.2) is 5.82 Å². The van der Waals surface area contributed by atoms with Crippen LogP contribution in [0.5, 0.6) is 0 Å². The molecule has 0 fully saturated rings. The van der Waals surface area contributed by atoms with Crippen molar-refractivity contribution in [1.82, 2.24) is 20.2 Å². The van der Waals surface area contributed by atoms with Gasteiger partial charge in [-0.1, -0.05) is 13.8 Å². The summed E-state index contributed by atoms with van der Waals surface area (Å²) in [6, 6.07) is 0. The predicted molar refractivity (Wildman–Crippen MR) is 56.1 cm³/mol. The number of rotatable bonds is 4.